The monoisotopic (exact) mass is 297 g/mol. The zero-order valence-electron chi connectivity index (χ0n) is 12.4. The van der Waals surface area contributed by atoms with Crippen LogP contribution < -0.4 is 14.8 Å². The quantitative estimate of drug-likeness (QED) is 0.833. The van der Waals surface area contributed by atoms with Crippen LogP contribution in [-0.2, 0) is 6.54 Å². The van der Waals surface area contributed by atoms with Crippen LogP contribution in [0.4, 0.5) is 0 Å². The standard InChI is InChI=1S/C14H23N3O2S/c1-4-20-11-6-5-10(7-11)15-8-12-13(18-2)16-9-17-14(12)19-3/h9-11,15H,4-8H2,1-3H3. The van der Waals surface area contributed by atoms with Gasteiger partial charge < -0.3 is 14.8 Å². The van der Waals surface area contributed by atoms with Crippen molar-refractivity contribution in [2.75, 3.05) is 20.0 Å². The van der Waals surface area contributed by atoms with Crippen LogP contribution in [0.3, 0.4) is 0 Å². The van der Waals surface area contributed by atoms with Gasteiger partial charge in [-0.25, -0.2) is 9.97 Å². The molecule has 1 aromatic rings. The summed E-state index contributed by atoms with van der Waals surface area (Å²) in [6, 6.07) is 0.564. The molecule has 6 heteroatoms. The molecule has 2 atom stereocenters. The Labute approximate surface area is 124 Å². The summed E-state index contributed by atoms with van der Waals surface area (Å²) >= 11 is 2.07. The number of nitrogens with one attached hydrogen (secondary N) is 1. The van der Waals surface area contributed by atoms with E-state index in [4.69, 9.17) is 9.47 Å². The van der Waals surface area contributed by atoms with Crippen molar-refractivity contribution in [3.63, 3.8) is 0 Å². The van der Waals surface area contributed by atoms with Crippen LogP contribution in [0.5, 0.6) is 11.8 Å². The third-order valence-electron chi connectivity index (χ3n) is 3.61. The Morgan fingerprint density at radius 2 is 1.95 bits per heavy atom. The molecule has 20 heavy (non-hydrogen) atoms. The molecule has 0 radical (unpaired) electrons. The average molecular weight is 297 g/mol. The predicted octanol–water partition coefficient (Wildman–Crippen LogP) is 2.26. The predicted molar refractivity (Wildman–Crippen MR) is 81.5 cm³/mol. The number of rotatable bonds is 7. The van der Waals surface area contributed by atoms with Crippen LogP contribution in [0.2, 0.25) is 0 Å². The van der Waals surface area contributed by atoms with Crippen molar-refractivity contribution in [2.45, 2.75) is 44.0 Å². The van der Waals surface area contributed by atoms with Gasteiger partial charge in [-0.3, -0.25) is 0 Å². The van der Waals surface area contributed by atoms with Crippen molar-refractivity contribution in [3.8, 4) is 11.8 Å². The van der Waals surface area contributed by atoms with E-state index >= 15 is 0 Å². The molecule has 5 nitrogen and oxygen atoms in total. The highest BCUT2D eigenvalue weighted by atomic mass is 32.2. The van der Waals surface area contributed by atoms with Crippen molar-refractivity contribution in [1.82, 2.24) is 15.3 Å². The zero-order chi connectivity index (χ0) is 14.4. The molecule has 2 rings (SSSR count). The molecule has 1 fully saturated rings. The third kappa shape index (κ3) is 3.76. The number of methoxy groups -OCH3 is 2. The van der Waals surface area contributed by atoms with E-state index in [1.807, 2.05) is 0 Å². The number of thioether (sulfide) groups is 1. The highest BCUT2D eigenvalue weighted by Gasteiger charge is 2.25. The van der Waals surface area contributed by atoms with Crippen molar-refractivity contribution < 1.29 is 9.47 Å². The van der Waals surface area contributed by atoms with Gasteiger partial charge in [-0.05, 0) is 25.0 Å². The van der Waals surface area contributed by atoms with Gasteiger partial charge in [0.05, 0.1) is 19.8 Å². The molecule has 1 aliphatic carbocycles. The van der Waals surface area contributed by atoms with Crippen molar-refractivity contribution in [3.05, 3.63) is 11.9 Å². The van der Waals surface area contributed by atoms with Crippen LogP contribution in [0.15, 0.2) is 6.33 Å². The van der Waals surface area contributed by atoms with E-state index in [0.717, 1.165) is 10.8 Å². The van der Waals surface area contributed by atoms with Crippen LogP contribution in [0, 0.1) is 0 Å². The van der Waals surface area contributed by atoms with E-state index in [1.165, 1.54) is 31.3 Å². The Balaban J connectivity index is 1.94. The minimum atomic E-state index is 0.564. The summed E-state index contributed by atoms with van der Waals surface area (Å²) in [4.78, 5) is 8.28. The average Bonchev–Trinajstić information content (AvgIpc) is 2.92. The topological polar surface area (TPSA) is 56.3 Å². The van der Waals surface area contributed by atoms with E-state index < -0.39 is 0 Å². The first-order valence-electron chi connectivity index (χ1n) is 7.05. The van der Waals surface area contributed by atoms with Gasteiger partial charge in [0.15, 0.2) is 0 Å². The molecule has 0 bridgehead atoms. The normalized spacial score (nSPS) is 21.9. The molecule has 1 aliphatic rings. The molecule has 1 heterocycles. The minimum absolute atomic E-state index is 0.564. The van der Waals surface area contributed by atoms with E-state index in [-0.39, 0.29) is 0 Å². The lowest BCUT2D eigenvalue weighted by molar-refractivity contribution is 0.356. The fourth-order valence-corrected chi connectivity index (χ4v) is 3.79. The summed E-state index contributed by atoms with van der Waals surface area (Å²) in [6.07, 6.45) is 5.23. The first-order chi connectivity index (χ1) is 9.78. The summed E-state index contributed by atoms with van der Waals surface area (Å²) < 4.78 is 10.6. The lowest BCUT2D eigenvalue weighted by Crippen LogP contribution is -2.26. The highest BCUT2D eigenvalue weighted by molar-refractivity contribution is 7.99. The lowest BCUT2D eigenvalue weighted by Gasteiger charge is -2.15. The number of aromatic nitrogens is 2. The summed E-state index contributed by atoms with van der Waals surface area (Å²) in [7, 11) is 3.24. The highest BCUT2D eigenvalue weighted by Crippen LogP contribution is 2.30. The molecule has 112 valence electrons. The van der Waals surface area contributed by atoms with E-state index in [2.05, 4.69) is 34.0 Å². The molecule has 0 saturated heterocycles. The van der Waals surface area contributed by atoms with E-state index in [1.54, 1.807) is 14.2 Å². The third-order valence-corrected chi connectivity index (χ3v) is 4.84. The van der Waals surface area contributed by atoms with E-state index in [9.17, 15) is 0 Å². The molecule has 1 N–H and O–H groups in total. The molecule has 0 aromatic carbocycles. The molecule has 0 spiro atoms. The molecular weight excluding hydrogens is 274 g/mol. The lowest BCUT2D eigenvalue weighted by atomic mass is 10.2. The number of nitrogens with zero attached hydrogens (tertiary/aromatic N) is 2. The Morgan fingerprint density at radius 3 is 2.55 bits per heavy atom. The molecule has 1 saturated carbocycles. The van der Waals surface area contributed by atoms with Gasteiger partial charge in [-0.15, -0.1) is 0 Å². The Morgan fingerprint density at radius 1 is 1.25 bits per heavy atom. The molecule has 0 aliphatic heterocycles. The SMILES string of the molecule is CCSC1CCC(NCc2c(OC)ncnc2OC)C1. The van der Waals surface area contributed by atoms with Crippen LogP contribution in [0.25, 0.3) is 0 Å². The van der Waals surface area contributed by atoms with E-state index in [0.29, 0.717) is 24.3 Å². The fraction of sp³-hybridized carbons (Fsp3) is 0.714. The van der Waals surface area contributed by atoms with Crippen molar-refractivity contribution in [2.24, 2.45) is 0 Å². The van der Waals surface area contributed by atoms with Crippen molar-refractivity contribution in [1.29, 1.82) is 0 Å². The molecular formula is C14H23N3O2S. The van der Waals surface area contributed by atoms with Gasteiger partial charge in [0, 0.05) is 17.8 Å². The van der Waals surface area contributed by atoms with Gasteiger partial charge in [-0.2, -0.15) is 11.8 Å². The first kappa shape index (κ1) is 15.4. The van der Waals surface area contributed by atoms with Gasteiger partial charge in [-0.1, -0.05) is 6.92 Å². The molecule has 0 amide bonds. The maximum absolute atomic E-state index is 5.29. The summed E-state index contributed by atoms with van der Waals surface area (Å²) in [5.74, 6) is 2.37. The van der Waals surface area contributed by atoms with Gasteiger partial charge in [0.25, 0.3) is 0 Å². The second-order valence-corrected chi connectivity index (χ2v) is 6.42. The summed E-state index contributed by atoms with van der Waals surface area (Å²) in [5.41, 5.74) is 0.893. The van der Waals surface area contributed by atoms with Crippen LogP contribution in [0.1, 0.15) is 31.7 Å². The van der Waals surface area contributed by atoms with Gasteiger partial charge in [0.1, 0.15) is 6.33 Å². The van der Waals surface area contributed by atoms with Gasteiger partial charge >= 0.3 is 0 Å². The van der Waals surface area contributed by atoms with Gasteiger partial charge in [0.2, 0.25) is 11.8 Å². The summed E-state index contributed by atoms with van der Waals surface area (Å²) in [5, 5.41) is 4.38. The zero-order valence-corrected chi connectivity index (χ0v) is 13.2. The number of hydrogen-bond acceptors (Lipinski definition) is 6. The second kappa shape index (κ2) is 7.69. The Hall–Kier alpha value is -1.01. The van der Waals surface area contributed by atoms with Crippen molar-refractivity contribution >= 4 is 11.8 Å². The maximum Gasteiger partial charge on any atom is 0.224 e. The fourth-order valence-electron chi connectivity index (χ4n) is 2.64. The molecule has 2 unspecified atom stereocenters. The molecule has 1 aromatic heterocycles. The van der Waals surface area contributed by atoms with Crippen LogP contribution >= 0.6 is 11.8 Å². The second-order valence-electron chi connectivity index (χ2n) is 4.84. The smallest absolute Gasteiger partial charge is 0.224 e. The minimum Gasteiger partial charge on any atom is -0.481 e. The largest absolute Gasteiger partial charge is 0.481 e. The van der Waals surface area contributed by atoms with Crippen LogP contribution in [-0.4, -0.2) is 41.2 Å². The number of hydrogen-bond donors (Lipinski definition) is 1. The summed E-state index contributed by atoms with van der Waals surface area (Å²) in [6.45, 7) is 2.91. The maximum atomic E-state index is 5.29. The first-order valence-corrected chi connectivity index (χ1v) is 8.10. The Kier molecular flexibility index (Phi) is 5.91. The number of ether oxygens (including phenoxy) is 2. The Bertz CT molecular complexity index is 409.